The molecule has 4 aliphatic rings. The summed E-state index contributed by atoms with van der Waals surface area (Å²) in [5.41, 5.74) is 0. The summed E-state index contributed by atoms with van der Waals surface area (Å²) in [7, 11) is 0. The molecule has 4 saturated heterocycles. The molecule has 5 nitrogen and oxygen atoms in total. The molecule has 2 N–H and O–H groups in total. The van der Waals surface area contributed by atoms with Gasteiger partial charge in [0.15, 0.2) is 5.11 Å². The van der Waals surface area contributed by atoms with E-state index in [4.69, 9.17) is 16.6 Å². The molecule has 0 aliphatic carbocycles. The van der Waals surface area contributed by atoms with Crippen LogP contribution in [0.15, 0.2) is 22.8 Å². The van der Waals surface area contributed by atoms with Gasteiger partial charge in [-0.15, -0.1) is 0 Å². The Morgan fingerprint density at radius 1 is 1.22 bits per heavy atom. The van der Waals surface area contributed by atoms with Crippen molar-refractivity contribution >= 4 is 17.3 Å². The van der Waals surface area contributed by atoms with E-state index < -0.39 is 0 Å². The van der Waals surface area contributed by atoms with E-state index in [2.05, 4.69) is 27.4 Å². The minimum atomic E-state index is 0.629. The molecule has 4 fully saturated rings. The lowest BCUT2D eigenvalue weighted by atomic mass is 9.75. The summed E-state index contributed by atoms with van der Waals surface area (Å²) >= 11 is 5.43. The first-order valence-electron chi connectivity index (χ1n) is 10.7. The summed E-state index contributed by atoms with van der Waals surface area (Å²) in [5, 5.41) is 7.39. The van der Waals surface area contributed by atoms with Crippen LogP contribution < -0.4 is 10.6 Å². The highest BCUT2D eigenvalue weighted by Gasteiger charge is 2.40. The van der Waals surface area contributed by atoms with Crippen LogP contribution in [0.25, 0.3) is 0 Å². The van der Waals surface area contributed by atoms with Gasteiger partial charge in [0.2, 0.25) is 0 Å². The Morgan fingerprint density at radius 3 is 2.78 bits per heavy atom. The fraction of sp³-hybridized carbons (Fsp3) is 0.762. The van der Waals surface area contributed by atoms with Gasteiger partial charge in [-0.3, -0.25) is 4.90 Å². The third-order valence-corrected chi connectivity index (χ3v) is 7.17. The molecule has 5 heterocycles. The lowest BCUT2D eigenvalue weighted by molar-refractivity contribution is -0.0139. The molecule has 5 rings (SSSR count). The molecule has 0 radical (unpaired) electrons. The summed E-state index contributed by atoms with van der Waals surface area (Å²) in [4.78, 5) is 5.44. The fourth-order valence-corrected chi connectivity index (χ4v) is 5.25. The van der Waals surface area contributed by atoms with Crippen molar-refractivity contribution in [1.82, 2.24) is 20.4 Å². The van der Waals surface area contributed by atoms with Crippen molar-refractivity contribution in [2.75, 3.05) is 39.3 Å². The van der Waals surface area contributed by atoms with E-state index in [1.807, 2.05) is 12.1 Å². The molecule has 0 spiro atoms. The summed E-state index contributed by atoms with van der Waals surface area (Å²) < 4.78 is 5.34. The van der Waals surface area contributed by atoms with Gasteiger partial charge in [-0.05, 0) is 87.4 Å². The van der Waals surface area contributed by atoms with Crippen LogP contribution in [-0.4, -0.2) is 60.2 Å². The topological polar surface area (TPSA) is 43.7 Å². The maximum absolute atomic E-state index is 5.43. The molecule has 4 aliphatic heterocycles. The highest BCUT2D eigenvalue weighted by molar-refractivity contribution is 7.80. The van der Waals surface area contributed by atoms with Crippen molar-refractivity contribution in [1.29, 1.82) is 0 Å². The third kappa shape index (κ3) is 5.04. The van der Waals surface area contributed by atoms with E-state index in [-0.39, 0.29) is 0 Å². The SMILES string of the molecule is CC1CCN(CC2CN3CCC2CC3CNC(=S)NCc2ccco2)CC1. The summed E-state index contributed by atoms with van der Waals surface area (Å²) in [5.74, 6) is 3.60. The first-order chi connectivity index (χ1) is 13.2. The van der Waals surface area contributed by atoms with Crippen molar-refractivity contribution in [3.8, 4) is 0 Å². The van der Waals surface area contributed by atoms with Gasteiger partial charge >= 0.3 is 0 Å². The van der Waals surface area contributed by atoms with E-state index >= 15 is 0 Å². The second kappa shape index (κ2) is 8.93. The highest BCUT2D eigenvalue weighted by atomic mass is 32.1. The van der Waals surface area contributed by atoms with E-state index in [9.17, 15) is 0 Å². The maximum Gasteiger partial charge on any atom is 0.166 e. The van der Waals surface area contributed by atoms with Gasteiger partial charge in [0, 0.05) is 25.7 Å². The van der Waals surface area contributed by atoms with Gasteiger partial charge in [0.05, 0.1) is 12.8 Å². The summed E-state index contributed by atoms with van der Waals surface area (Å²) in [6.07, 6.45) is 7.17. The van der Waals surface area contributed by atoms with Gasteiger partial charge in [-0.25, -0.2) is 0 Å². The molecule has 0 aromatic carbocycles. The molecule has 6 heteroatoms. The molecular weight excluding hydrogens is 356 g/mol. The maximum atomic E-state index is 5.43. The van der Waals surface area contributed by atoms with Crippen LogP contribution in [0.5, 0.6) is 0 Å². The van der Waals surface area contributed by atoms with Crippen LogP contribution in [0.1, 0.15) is 38.4 Å². The monoisotopic (exact) mass is 390 g/mol. The van der Waals surface area contributed by atoms with Crippen LogP contribution in [0.3, 0.4) is 0 Å². The average molecular weight is 391 g/mol. The normalized spacial score (nSPS) is 31.7. The molecular formula is C21H34N4OS. The largest absolute Gasteiger partial charge is 0.467 e. The predicted octanol–water partition coefficient (Wildman–Crippen LogP) is 2.69. The molecule has 4 atom stereocenters. The number of piperidine rings is 4. The first-order valence-corrected chi connectivity index (χ1v) is 11.1. The number of hydrogen-bond acceptors (Lipinski definition) is 4. The lowest BCUT2D eigenvalue weighted by Crippen LogP contribution is -2.59. The van der Waals surface area contributed by atoms with Gasteiger partial charge in [0.25, 0.3) is 0 Å². The first kappa shape index (κ1) is 19.2. The Balaban J connectivity index is 1.19. The number of hydrogen-bond donors (Lipinski definition) is 2. The van der Waals surface area contributed by atoms with Crippen molar-refractivity contribution in [2.45, 2.75) is 45.2 Å². The minimum Gasteiger partial charge on any atom is -0.467 e. The van der Waals surface area contributed by atoms with Crippen molar-refractivity contribution in [2.24, 2.45) is 17.8 Å². The van der Waals surface area contributed by atoms with Crippen LogP contribution in [-0.2, 0) is 6.54 Å². The number of thiocarbonyl (C=S) groups is 1. The number of likely N-dealkylation sites (tertiary alicyclic amines) is 1. The molecule has 27 heavy (non-hydrogen) atoms. The summed E-state index contributed by atoms with van der Waals surface area (Å²) in [6.45, 7) is 10.5. The van der Waals surface area contributed by atoms with Crippen LogP contribution in [0.2, 0.25) is 0 Å². The number of nitrogens with one attached hydrogen (secondary N) is 2. The van der Waals surface area contributed by atoms with Crippen LogP contribution in [0.4, 0.5) is 0 Å². The van der Waals surface area contributed by atoms with Crippen molar-refractivity contribution in [3.05, 3.63) is 24.2 Å². The molecule has 0 saturated carbocycles. The Labute approximate surface area is 168 Å². The number of nitrogens with zero attached hydrogens (tertiary/aromatic N) is 2. The molecule has 0 amide bonds. The van der Waals surface area contributed by atoms with E-state index in [1.54, 1.807) is 6.26 Å². The number of rotatable bonds is 6. The quantitative estimate of drug-likeness (QED) is 0.728. The van der Waals surface area contributed by atoms with E-state index in [1.165, 1.54) is 58.4 Å². The fourth-order valence-electron chi connectivity index (χ4n) is 5.10. The van der Waals surface area contributed by atoms with Crippen molar-refractivity contribution < 1.29 is 4.42 Å². The Bertz CT molecular complexity index is 599. The molecule has 1 aromatic heterocycles. The minimum absolute atomic E-state index is 0.629. The zero-order chi connectivity index (χ0) is 18.6. The van der Waals surface area contributed by atoms with Gasteiger partial charge in [-0.1, -0.05) is 6.92 Å². The number of fused-ring (bicyclic) bond motifs is 3. The molecule has 1 aromatic rings. The Kier molecular flexibility index (Phi) is 6.35. The second-order valence-electron chi connectivity index (χ2n) is 8.82. The van der Waals surface area contributed by atoms with Gasteiger partial charge in [0.1, 0.15) is 5.76 Å². The Hall–Kier alpha value is -1.11. The standard InChI is InChI=1S/C21H34N4OS/c1-16-4-7-24(8-5-16)14-18-15-25-9-6-17(18)11-19(25)12-22-21(27)23-13-20-3-2-10-26-20/h2-3,10,16-19H,4-9,11-15H2,1H3,(H2,22,23,27). The zero-order valence-corrected chi connectivity index (χ0v) is 17.3. The van der Waals surface area contributed by atoms with Gasteiger partial charge < -0.3 is 20.0 Å². The lowest BCUT2D eigenvalue weighted by Gasteiger charge is -2.51. The van der Waals surface area contributed by atoms with Crippen molar-refractivity contribution in [3.63, 3.8) is 0 Å². The van der Waals surface area contributed by atoms with E-state index in [0.717, 1.165) is 35.2 Å². The summed E-state index contributed by atoms with van der Waals surface area (Å²) in [6, 6.07) is 4.50. The molecule has 2 bridgehead atoms. The molecule has 4 unspecified atom stereocenters. The smallest absolute Gasteiger partial charge is 0.166 e. The van der Waals surface area contributed by atoms with E-state index in [0.29, 0.717) is 12.6 Å². The van der Waals surface area contributed by atoms with Crippen LogP contribution in [0, 0.1) is 17.8 Å². The zero-order valence-electron chi connectivity index (χ0n) is 16.5. The second-order valence-corrected chi connectivity index (χ2v) is 9.23. The van der Waals surface area contributed by atoms with Gasteiger partial charge in [-0.2, -0.15) is 0 Å². The molecule has 150 valence electrons. The highest BCUT2D eigenvalue weighted by Crippen LogP contribution is 2.37. The van der Waals surface area contributed by atoms with Crippen LogP contribution >= 0.6 is 12.2 Å². The Morgan fingerprint density at radius 2 is 2.07 bits per heavy atom. The predicted molar refractivity (Wildman–Crippen MR) is 113 cm³/mol. The number of furan rings is 1. The average Bonchev–Trinajstić information content (AvgIpc) is 3.21. The third-order valence-electron chi connectivity index (χ3n) is 6.88.